The summed E-state index contributed by atoms with van der Waals surface area (Å²) in [4.78, 5) is 18.7. The molecule has 0 radical (unpaired) electrons. The van der Waals surface area contributed by atoms with E-state index < -0.39 is 0 Å². The van der Waals surface area contributed by atoms with Gasteiger partial charge in [-0.2, -0.15) is 0 Å². The Labute approximate surface area is 157 Å². The van der Waals surface area contributed by atoms with Crippen LogP contribution in [-0.2, 0) is 11.2 Å². The average molecular weight is 370 g/mol. The van der Waals surface area contributed by atoms with Crippen molar-refractivity contribution in [1.82, 2.24) is 9.88 Å². The minimum atomic E-state index is 0.156. The Hall–Kier alpha value is -2.21. The fraction of sp³-hybridized carbons (Fsp3) is 0.400. The van der Waals surface area contributed by atoms with Crippen LogP contribution in [-0.4, -0.2) is 52.6 Å². The molecule has 1 aromatic carbocycles. The molecule has 5 nitrogen and oxygen atoms in total. The lowest BCUT2D eigenvalue weighted by atomic mass is 9.92. The highest BCUT2D eigenvalue weighted by atomic mass is 32.2. The second-order valence-electron chi connectivity index (χ2n) is 6.88. The number of carbonyl (C=O) groups excluding carboxylic acids is 1. The third-order valence-electron chi connectivity index (χ3n) is 4.90. The van der Waals surface area contributed by atoms with E-state index in [2.05, 4.69) is 4.98 Å². The van der Waals surface area contributed by atoms with Crippen LogP contribution in [0.4, 0.5) is 0 Å². The van der Waals surface area contributed by atoms with Gasteiger partial charge in [-0.1, -0.05) is 18.2 Å². The van der Waals surface area contributed by atoms with Crippen LogP contribution >= 0.6 is 11.8 Å². The second kappa shape index (κ2) is 7.19. The molecule has 1 spiro atoms. The minimum Gasteiger partial charge on any atom is -0.497 e. The van der Waals surface area contributed by atoms with Gasteiger partial charge >= 0.3 is 0 Å². The summed E-state index contributed by atoms with van der Waals surface area (Å²) in [5, 5.41) is 0. The zero-order valence-corrected chi connectivity index (χ0v) is 15.6. The molecule has 2 aromatic rings. The predicted molar refractivity (Wildman–Crippen MR) is 102 cm³/mol. The molecule has 136 valence electrons. The molecular formula is C20H22N2O3S. The molecule has 3 heterocycles. The fourth-order valence-electron chi connectivity index (χ4n) is 3.58. The van der Waals surface area contributed by atoms with Crippen LogP contribution in [0.15, 0.2) is 48.7 Å². The maximum Gasteiger partial charge on any atom is 0.227 e. The second-order valence-corrected chi connectivity index (χ2v) is 8.37. The van der Waals surface area contributed by atoms with Gasteiger partial charge in [0.15, 0.2) is 0 Å². The number of amides is 1. The van der Waals surface area contributed by atoms with Crippen LogP contribution in [0.5, 0.6) is 11.6 Å². The number of pyridine rings is 1. The molecule has 6 heteroatoms. The summed E-state index contributed by atoms with van der Waals surface area (Å²) in [6.07, 6.45) is 3.31. The van der Waals surface area contributed by atoms with E-state index in [0.717, 1.165) is 36.6 Å². The molecule has 1 amide bonds. The molecule has 1 aromatic heterocycles. The van der Waals surface area contributed by atoms with E-state index in [1.54, 1.807) is 13.3 Å². The minimum absolute atomic E-state index is 0.156. The molecule has 1 atom stereocenters. The number of thioether (sulfide) groups is 1. The van der Waals surface area contributed by atoms with Crippen molar-refractivity contribution < 1.29 is 14.3 Å². The quantitative estimate of drug-likeness (QED) is 0.810. The molecule has 0 N–H and O–H groups in total. The molecule has 2 fully saturated rings. The third-order valence-corrected chi connectivity index (χ3v) is 6.48. The largest absolute Gasteiger partial charge is 0.497 e. The summed E-state index contributed by atoms with van der Waals surface area (Å²) in [7, 11) is 1.64. The number of hydrogen-bond donors (Lipinski definition) is 0. The molecule has 0 unspecified atom stereocenters. The van der Waals surface area contributed by atoms with E-state index >= 15 is 0 Å². The lowest BCUT2D eigenvalue weighted by Crippen LogP contribution is -2.61. The molecule has 0 saturated carbocycles. The summed E-state index contributed by atoms with van der Waals surface area (Å²) in [6.45, 7) is 1.62. The number of likely N-dealkylation sites (tertiary alicyclic amines) is 1. The van der Waals surface area contributed by atoms with Gasteiger partial charge in [-0.05, 0) is 23.8 Å². The van der Waals surface area contributed by atoms with Crippen molar-refractivity contribution in [2.24, 2.45) is 0 Å². The summed E-state index contributed by atoms with van der Waals surface area (Å²) in [6, 6.07) is 13.4. The number of rotatable bonds is 5. The fourth-order valence-corrected chi connectivity index (χ4v) is 5.10. The molecule has 26 heavy (non-hydrogen) atoms. The molecule has 2 aliphatic rings. The van der Waals surface area contributed by atoms with Crippen molar-refractivity contribution in [2.45, 2.75) is 23.7 Å². The van der Waals surface area contributed by atoms with Crippen LogP contribution in [0.25, 0.3) is 0 Å². The number of ether oxygens (including phenoxy) is 2. The Kier molecular flexibility index (Phi) is 4.76. The smallest absolute Gasteiger partial charge is 0.227 e. The highest BCUT2D eigenvalue weighted by Gasteiger charge is 2.51. The van der Waals surface area contributed by atoms with Gasteiger partial charge in [0.05, 0.1) is 18.3 Å². The standard InChI is InChI=1S/C20H22N2O3S/c1-24-16-6-4-5-15(9-16)10-19(23)22-13-20(14-22)11-17(12-26-20)25-18-7-2-3-8-21-18/h2-9,17H,10-14H2,1H3/t17-/m1/s1. The zero-order valence-electron chi connectivity index (χ0n) is 14.8. The van der Waals surface area contributed by atoms with Crippen molar-refractivity contribution >= 4 is 17.7 Å². The highest BCUT2D eigenvalue weighted by molar-refractivity contribution is 8.01. The van der Waals surface area contributed by atoms with Gasteiger partial charge in [-0.3, -0.25) is 4.79 Å². The normalized spacial score (nSPS) is 20.7. The molecule has 2 saturated heterocycles. The average Bonchev–Trinajstić information content (AvgIpc) is 3.05. The van der Waals surface area contributed by atoms with Gasteiger partial charge in [0.25, 0.3) is 0 Å². The number of hydrogen-bond acceptors (Lipinski definition) is 5. The summed E-state index contributed by atoms with van der Waals surface area (Å²) < 4.78 is 11.4. The Morgan fingerprint density at radius 1 is 1.31 bits per heavy atom. The van der Waals surface area contributed by atoms with Crippen LogP contribution in [0, 0.1) is 0 Å². The van der Waals surface area contributed by atoms with E-state index in [1.165, 1.54) is 0 Å². The molecular weight excluding hydrogens is 348 g/mol. The molecule has 0 aliphatic carbocycles. The number of carbonyl (C=O) groups is 1. The van der Waals surface area contributed by atoms with E-state index in [1.807, 2.05) is 59.1 Å². The lowest BCUT2D eigenvalue weighted by molar-refractivity contribution is -0.135. The number of methoxy groups -OCH3 is 1. The van der Waals surface area contributed by atoms with Crippen LogP contribution in [0.3, 0.4) is 0 Å². The summed E-state index contributed by atoms with van der Waals surface area (Å²) in [5.74, 6) is 2.60. The van der Waals surface area contributed by atoms with Gasteiger partial charge in [-0.15, -0.1) is 11.8 Å². The Morgan fingerprint density at radius 3 is 2.96 bits per heavy atom. The van der Waals surface area contributed by atoms with Crippen molar-refractivity contribution in [3.63, 3.8) is 0 Å². The summed E-state index contributed by atoms with van der Waals surface area (Å²) in [5.41, 5.74) is 0.991. The lowest BCUT2D eigenvalue weighted by Gasteiger charge is -2.47. The van der Waals surface area contributed by atoms with Crippen molar-refractivity contribution in [3.8, 4) is 11.6 Å². The van der Waals surface area contributed by atoms with E-state index in [4.69, 9.17) is 9.47 Å². The monoisotopic (exact) mass is 370 g/mol. The maximum atomic E-state index is 12.5. The van der Waals surface area contributed by atoms with Crippen molar-refractivity contribution in [1.29, 1.82) is 0 Å². The number of nitrogens with zero attached hydrogens (tertiary/aromatic N) is 2. The topological polar surface area (TPSA) is 51.7 Å². The maximum absolute atomic E-state index is 12.5. The highest BCUT2D eigenvalue weighted by Crippen LogP contribution is 2.46. The van der Waals surface area contributed by atoms with Crippen molar-refractivity contribution in [3.05, 3.63) is 54.2 Å². The van der Waals surface area contributed by atoms with E-state index in [-0.39, 0.29) is 16.8 Å². The van der Waals surface area contributed by atoms with E-state index in [0.29, 0.717) is 12.3 Å². The van der Waals surface area contributed by atoms with Gasteiger partial charge in [0.1, 0.15) is 11.9 Å². The molecule has 2 aliphatic heterocycles. The Bertz CT molecular complexity index is 778. The third kappa shape index (κ3) is 3.65. The SMILES string of the molecule is COc1cccc(CC(=O)N2CC3(C[C@@H](Oc4ccccn4)CS3)C2)c1. The van der Waals surface area contributed by atoms with E-state index in [9.17, 15) is 4.79 Å². The first-order valence-corrected chi connectivity index (χ1v) is 9.77. The van der Waals surface area contributed by atoms with Crippen LogP contribution in [0.1, 0.15) is 12.0 Å². The van der Waals surface area contributed by atoms with Gasteiger partial charge in [0.2, 0.25) is 11.8 Å². The molecule has 4 rings (SSSR count). The van der Waals surface area contributed by atoms with Crippen molar-refractivity contribution in [2.75, 3.05) is 26.0 Å². The molecule has 0 bridgehead atoms. The predicted octanol–water partition coefficient (Wildman–Crippen LogP) is 2.80. The number of benzene rings is 1. The Morgan fingerprint density at radius 2 is 2.19 bits per heavy atom. The summed E-state index contributed by atoms with van der Waals surface area (Å²) >= 11 is 1.93. The van der Waals surface area contributed by atoms with Crippen LogP contribution in [0.2, 0.25) is 0 Å². The Balaban J connectivity index is 1.28. The number of aromatic nitrogens is 1. The first kappa shape index (κ1) is 17.2. The van der Waals surface area contributed by atoms with Gasteiger partial charge < -0.3 is 14.4 Å². The zero-order chi connectivity index (χ0) is 18.0. The van der Waals surface area contributed by atoms with Gasteiger partial charge in [0, 0.05) is 37.5 Å². The van der Waals surface area contributed by atoms with Crippen LogP contribution < -0.4 is 9.47 Å². The first-order valence-electron chi connectivity index (χ1n) is 8.78. The van der Waals surface area contributed by atoms with Gasteiger partial charge in [-0.25, -0.2) is 4.98 Å². The first-order chi connectivity index (χ1) is 12.7.